The first-order valence-electron chi connectivity index (χ1n) is 35.1. The Morgan fingerprint density at radius 2 is 0.507 bits per heavy atom. The van der Waals surface area contributed by atoms with Gasteiger partial charge >= 0.3 is 0 Å². The number of unbranched alkanes of at least 4 members (excludes halogenated alkanes) is 57. The zero-order valence-electron chi connectivity index (χ0n) is 51.6. The largest absolute Gasteiger partial charge is 0.394 e. The summed E-state index contributed by atoms with van der Waals surface area (Å²) in [4.78, 5) is 12.5. The number of allylic oxidation sites excluding steroid dienone is 3. The normalized spacial score (nSPS) is 12.7. The minimum Gasteiger partial charge on any atom is -0.394 e. The van der Waals surface area contributed by atoms with Crippen LogP contribution >= 0.6 is 0 Å². The predicted octanol–water partition coefficient (Wildman–Crippen LogP) is 23.8. The Morgan fingerprint density at radius 1 is 0.307 bits per heavy atom. The van der Waals surface area contributed by atoms with Crippen molar-refractivity contribution in [2.45, 2.75) is 418 Å². The minimum atomic E-state index is -0.838. The van der Waals surface area contributed by atoms with Gasteiger partial charge in [0, 0.05) is 6.42 Å². The monoisotopic (exact) mass is 1050 g/mol. The van der Waals surface area contributed by atoms with Crippen molar-refractivity contribution in [1.82, 2.24) is 5.32 Å². The fourth-order valence-corrected chi connectivity index (χ4v) is 11.4. The topological polar surface area (TPSA) is 69.6 Å². The number of rotatable bonds is 66. The molecule has 3 N–H and O–H groups in total. The van der Waals surface area contributed by atoms with Crippen LogP contribution in [0.25, 0.3) is 0 Å². The van der Waals surface area contributed by atoms with E-state index in [9.17, 15) is 15.0 Å². The van der Waals surface area contributed by atoms with Crippen LogP contribution in [0.4, 0.5) is 0 Å². The smallest absolute Gasteiger partial charge is 0.220 e. The van der Waals surface area contributed by atoms with Gasteiger partial charge in [-0.2, -0.15) is 0 Å². The van der Waals surface area contributed by atoms with Crippen molar-refractivity contribution in [2.24, 2.45) is 0 Å². The molecule has 0 saturated heterocycles. The first kappa shape index (κ1) is 73.9. The summed E-state index contributed by atoms with van der Waals surface area (Å²) in [6, 6.07) is -0.620. The molecular weight excluding hydrogens is 915 g/mol. The molecule has 1 amide bonds. The van der Waals surface area contributed by atoms with Gasteiger partial charge in [0.2, 0.25) is 5.91 Å². The number of hydrogen-bond donors (Lipinski definition) is 3. The van der Waals surface area contributed by atoms with Gasteiger partial charge in [0.25, 0.3) is 0 Å². The molecule has 0 bridgehead atoms. The lowest BCUT2D eigenvalue weighted by Gasteiger charge is -2.20. The zero-order valence-corrected chi connectivity index (χ0v) is 51.6. The molecule has 75 heavy (non-hydrogen) atoms. The molecule has 0 fully saturated rings. The molecule has 0 aromatic carbocycles. The molecule has 0 aromatic rings. The number of carbonyl (C=O) groups excluding carboxylic acids is 1. The number of aliphatic hydroxyl groups excluding tert-OH is 2. The van der Waals surface area contributed by atoms with E-state index in [0.29, 0.717) is 6.42 Å². The fourth-order valence-electron chi connectivity index (χ4n) is 11.4. The van der Waals surface area contributed by atoms with Crippen molar-refractivity contribution in [3.63, 3.8) is 0 Å². The Hall–Kier alpha value is -1.13. The van der Waals surface area contributed by atoms with E-state index in [4.69, 9.17) is 0 Å². The predicted molar refractivity (Wildman–Crippen MR) is 336 cm³/mol. The average molecular weight is 1050 g/mol. The molecule has 0 spiro atoms. The van der Waals surface area contributed by atoms with Crippen LogP contribution in [-0.4, -0.2) is 34.9 Å². The maximum absolute atomic E-state index is 12.5. The molecule has 0 saturated carbocycles. The molecule has 446 valence electrons. The number of carbonyl (C=O) groups is 1. The molecule has 0 heterocycles. The van der Waals surface area contributed by atoms with Crippen molar-refractivity contribution in [3.8, 4) is 0 Å². The van der Waals surface area contributed by atoms with E-state index >= 15 is 0 Å². The SMILES string of the molecule is CCCCCCCCCC/C=C\CCCCCCCCCCCCCCCCCCCCCCCCCCCCCC(=O)NC(CO)C(O)/C=C/CCCCCCCCCCCCCCCCCCCCCCCC. The lowest BCUT2D eigenvalue weighted by molar-refractivity contribution is -0.123. The fraction of sp³-hybridized carbons (Fsp3) is 0.930. The summed E-state index contributed by atoms with van der Waals surface area (Å²) in [6.07, 6.45) is 91.3. The van der Waals surface area contributed by atoms with Crippen LogP contribution in [0.15, 0.2) is 24.3 Å². The lowest BCUT2D eigenvalue weighted by atomic mass is 10.0. The average Bonchev–Trinajstić information content (AvgIpc) is 3.41. The summed E-state index contributed by atoms with van der Waals surface area (Å²) in [7, 11) is 0. The number of aliphatic hydroxyl groups is 2. The summed E-state index contributed by atoms with van der Waals surface area (Å²) >= 11 is 0. The Morgan fingerprint density at radius 3 is 0.733 bits per heavy atom. The van der Waals surface area contributed by atoms with Gasteiger partial charge in [-0.3, -0.25) is 4.79 Å². The van der Waals surface area contributed by atoms with E-state index in [0.717, 1.165) is 25.7 Å². The summed E-state index contributed by atoms with van der Waals surface area (Å²) < 4.78 is 0. The highest BCUT2D eigenvalue weighted by Gasteiger charge is 2.18. The summed E-state index contributed by atoms with van der Waals surface area (Å²) in [5, 5.41) is 23.3. The highest BCUT2D eigenvalue weighted by Crippen LogP contribution is 2.19. The van der Waals surface area contributed by atoms with Crippen molar-refractivity contribution in [1.29, 1.82) is 0 Å². The molecule has 2 atom stereocenters. The zero-order chi connectivity index (χ0) is 54.1. The van der Waals surface area contributed by atoms with Crippen molar-refractivity contribution in [2.75, 3.05) is 6.61 Å². The van der Waals surface area contributed by atoms with Crippen molar-refractivity contribution in [3.05, 3.63) is 24.3 Å². The van der Waals surface area contributed by atoms with Gasteiger partial charge < -0.3 is 15.5 Å². The van der Waals surface area contributed by atoms with Gasteiger partial charge in [-0.1, -0.05) is 378 Å². The van der Waals surface area contributed by atoms with Crippen molar-refractivity contribution >= 4 is 5.91 Å². The van der Waals surface area contributed by atoms with E-state index in [1.807, 2.05) is 6.08 Å². The number of amides is 1. The van der Waals surface area contributed by atoms with Crippen LogP contribution in [0.5, 0.6) is 0 Å². The third kappa shape index (κ3) is 63.6. The Balaban J connectivity index is 3.38. The van der Waals surface area contributed by atoms with Crippen LogP contribution in [0.2, 0.25) is 0 Å². The van der Waals surface area contributed by atoms with Gasteiger partial charge in [-0.15, -0.1) is 0 Å². The van der Waals surface area contributed by atoms with Gasteiger partial charge in [0.15, 0.2) is 0 Å². The molecule has 0 radical (unpaired) electrons. The molecule has 4 nitrogen and oxygen atoms in total. The van der Waals surface area contributed by atoms with E-state index < -0.39 is 12.1 Å². The highest BCUT2D eigenvalue weighted by atomic mass is 16.3. The first-order chi connectivity index (χ1) is 37.2. The second-order valence-corrected chi connectivity index (χ2v) is 24.3. The van der Waals surface area contributed by atoms with Crippen LogP contribution in [0.3, 0.4) is 0 Å². The third-order valence-electron chi connectivity index (χ3n) is 16.7. The van der Waals surface area contributed by atoms with Crippen LogP contribution in [0, 0.1) is 0 Å². The molecular formula is C71H139NO3. The molecule has 0 aliphatic carbocycles. The number of nitrogens with one attached hydrogen (secondary N) is 1. The Bertz CT molecular complexity index is 1100. The van der Waals surface area contributed by atoms with Gasteiger partial charge in [-0.25, -0.2) is 0 Å². The molecule has 2 unspecified atom stereocenters. The Labute approximate surface area is 472 Å². The van der Waals surface area contributed by atoms with Crippen molar-refractivity contribution < 1.29 is 15.0 Å². The lowest BCUT2D eigenvalue weighted by Crippen LogP contribution is -2.45. The van der Waals surface area contributed by atoms with Crippen LogP contribution in [0.1, 0.15) is 406 Å². The second-order valence-electron chi connectivity index (χ2n) is 24.3. The standard InChI is InChI=1S/C71H139NO3/c1-3-5-7-9-11-13-15-17-19-21-23-25-27-29-30-31-32-33-34-35-36-37-38-39-40-41-42-43-45-47-49-51-53-55-57-59-61-63-65-67-71(75)72-69(68-73)70(74)66-64-62-60-58-56-54-52-50-48-46-44-28-26-24-22-20-18-16-14-12-10-8-6-4-2/h21,23,64,66,69-70,73-74H,3-20,22,24-63,65,67-68H2,1-2H3,(H,72,75)/b23-21-,66-64+. The van der Waals surface area contributed by atoms with E-state index in [2.05, 4.69) is 31.3 Å². The van der Waals surface area contributed by atoms with Gasteiger partial charge in [0.1, 0.15) is 0 Å². The number of hydrogen-bond acceptors (Lipinski definition) is 3. The summed E-state index contributed by atoms with van der Waals surface area (Å²) in [5.41, 5.74) is 0. The second kappa shape index (κ2) is 67.1. The summed E-state index contributed by atoms with van der Waals surface area (Å²) in [6.45, 7) is 4.36. The maximum atomic E-state index is 12.5. The molecule has 0 aliphatic rings. The first-order valence-corrected chi connectivity index (χ1v) is 35.1. The maximum Gasteiger partial charge on any atom is 0.220 e. The Kier molecular flexibility index (Phi) is 66.1. The summed E-state index contributed by atoms with van der Waals surface area (Å²) in [5.74, 6) is -0.0541. The molecule has 0 aromatic heterocycles. The quantitative estimate of drug-likeness (QED) is 0.0420. The van der Waals surface area contributed by atoms with Crippen LogP contribution < -0.4 is 5.32 Å². The molecule has 0 aliphatic heterocycles. The van der Waals surface area contributed by atoms with E-state index in [-0.39, 0.29) is 12.5 Å². The van der Waals surface area contributed by atoms with Gasteiger partial charge in [0.05, 0.1) is 18.8 Å². The van der Waals surface area contributed by atoms with E-state index in [1.165, 1.54) is 360 Å². The van der Waals surface area contributed by atoms with Crippen LogP contribution in [-0.2, 0) is 4.79 Å². The highest BCUT2D eigenvalue weighted by molar-refractivity contribution is 5.76. The molecule has 0 rings (SSSR count). The molecule has 4 heteroatoms. The van der Waals surface area contributed by atoms with E-state index in [1.54, 1.807) is 6.08 Å². The van der Waals surface area contributed by atoms with Gasteiger partial charge in [-0.05, 0) is 44.9 Å². The minimum absolute atomic E-state index is 0.0541. The third-order valence-corrected chi connectivity index (χ3v) is 16.7.